The Kier molecular flexibility index (Phi) is 5.64. The maximum absolute atomic E-state index is 12.3. The second kappa shape index (κ2) is 7.25. The highest BCUT2D eigenvalue weighted by atomic mass is 16.3. The lowest BCUT2D eigenvalue weighted by molar-refractivity contribution is -0.127. The molecule has 1 saturated carbocycles. The van der Waals surface area contributed by atoms with Gasteiger partial charge in [-0.1, -0.05) is 12.8 Å². The number of nitrogens with zero attached hydrogens (tertiary/aromatic N) is 1. The minimum atomic E-state index is -0.0258. The lowest BCUT2D eigenvalue weighted by Gasteiger charge is -2.36. The van der Waals surface area contributed by atoms with E-state index in [9.17, 15) is 4.79 Å². The fourth-order valence-corrected chi connectivity index (χ4v) is 3.42. The van der Waals surface area contributed by atoms with Crippen LogP contribution in [0.3, 0.4) is 0 Å². The van der Waals surface area contributed by atoms with Crippen molar-refractivity contribution in [3.63, 3.8) is 0 Å². The van der Waals surface area contributed by atoms with Crippen molar-refractivity contribution in [1.29, 1.82) is 0 Å². The average molecular weight is 268 g/mol. The Bertz CT molecular complexity index is 288. The van der Waals surface area contributed by atoms with E-state index in [0.717, 1.165) is 38.8 Å². The van der Waals surface area contributed by atoms with Crippen LogP contribution in [0.5, 0.6) is 0 Å². The van der Waals surface area contributed by atoms with Gasteiger partial charge in [0.1, 0.15) is 0 Å². The highest BCUT2D eigenvalue weighted by Crippen LogP contribution is 2.22. The number of rotatable bonds is 5. The molecule has 2 atom stereocenters. The van der Waals surface area contributed by atoms with Gasteiger partial charge >= 0.3 is 0 Å². The number of carbonyl (C=O) groups excluding carboxylic acids is 1. The standard InChI is InChI=1S/C15H28N2O2/c1-12(15(19)16-14-6-2-3-7-14)17-9-4-5-13(11-17)8-10-18/h12-14,18H,2-11H2,1H3,(H,16,19). The van der Waals surface area contributed by atoms with Crippen molar-refractivity contribution in [1.82, 2.24) is 10.2 Å². The molecule has 0 spiro atoms. The molecule has 19 heavy (non-hydrogen) atoms. The van der Waals surface area contributed by atoms with E-state index in [1.165, 1.54) is 19.3 Å². The number of likely N-dealkylation sites (tertiary alicyclic amines) is 1. The summed E-state index contributed by atoms with van der Waals surface area (Å²) in [6, 6.07) is 0.384. The number of amides is 1. The van der Waals surface area contributed by atoms with Gasteiger partial charge in [0.05, 0.1) is 6.04 Å². The van der Waals surface area contributed by atoms with E-state index in [0.29, 0.717) is 12.0 Å². The van der Waals surface area contributed by atoms with Gasteiger partial charge in [-0.3, -0.25) is 9.69 Å². The molecule has 1 heterocycles. The number of aliphatic hydroxyl groups is 1. The maximum atomic E-state index is 12.3. The van der Waals surface area contributed by atoms with Crippen LogP contribution >= 0.6 is 0 Å². The molecule has 2 unspecified atom stereocenters. The van der Waals surface area contributed by atoms with Crippen LogP contribution < -0.4 is 5.32 Å². The minimum Gasteiger partial charge on any atom is -0.396 e. The summed E-state index contributed by atoms with van der Waals surface area (Å²) in [4.78, 5) is 14.5. The Morgan fingerprint density at radius 3 is 2.74 bits per heavy atom. The molecule has 2 rings (SSSR count). The summed E-state index contributed by atoms with van der Waals surface area (Å²) in [5.41, 5.74) is 0. The third-order valence-electron chi connectivity index (χ3n) is 4.72. The Morgan fingerprint density at radius 2 is 2.05 bits per heavy atom. The molecule has 1 aliphatic carbocycles. The van der Waals surface area contributed by atoms with E-state index >= 15 is 0 Å². The van der Waals surface area contributed by atoms with Crippen LogP contribution in [0.4, 0.5) is 0 Å². The van der Waals surface area contributed by atoms with Gasteiger partial charge in [-0.05, 0) is 51.5 Å². The summed E-state index contributed by atoms with van der Waals surface area (Å²) in [6.07, 6.45) is 7.99. The third kappa shape index (κ3) is 4.18. The van der Waals surface area contributed by atoms with Crippen LogP contribution in [0, 0.1) is 5.92 Å². The van der Waals surface area contributed by atoms with Crippen molar-refractivity contribution in [3.05, 3.63) is 0 Å². The molecule has 4 heteroatoms. The first-order chi connectivity index (χ1) is 9.20. The quantitative estimate of drug-likeness (QED) is 0.795. The van der Waals surface area contributed by atoms with Crippen molar-refractivity contribution in [2.24, 2.45) is 5.92 Å². The van der Waals surface area contributed by atoms with Crippen LogP contribution in [0.2, 0.25) is 0 Å². The monoisotopic (exact) mass is 268 g/mol. The highest BCUT2D eigenvalue weighted by molar-refractivity contribution is 5.81. The number of hydrogen-bond acceptors (Lipinski definition) is 3. The zero-order valence-corrected chi connectivity index (χ0v) is 12.1. The molecular formula is C15H28N2O2. The van der Waals surface area contributed by atoms with Crippen molar-refractivity contribution in [2.75, 3.05) is 19.7 Å². The fraction of sp³-hybridized carbons (Fsp3) is 0.933. The average Bonchev–Trinajstić information content (AvgIpc) is 2.91. The summed E-state index contributed by atoms with van der Waals surface area (Å²) in [7, 11) is 0. The number of hydrogen-bond donors (Lipinski definition) is 2. The van der Waals surface area contributed by atoms with Gasteiger partial charge < -0.3 is 10.4 Å². The Morgan fingerprint density at radius 1 is 1.32 bits per heavy atom. The molecule has 2 N–H and O–H groups in total. The first kappa shape index (κ1) is 14.8. The number of aliphatic hydroxyl groups excluding tert-OH is 1. The van der Waals surface area contributed by atoms with E-state index in [-0.39, 0.29) is 18.6 Å². The molecule has 0 aromatic heterocycles. The van der Waals surface area contributed by atoms with Gasteiger partial charge in [0.2, 0.25) is 5.91 Å². The summed E-state index contributed by atoms with van der Waals surface area (Å²) >= 11 is 0. The summed E-state index contributed by atoms with van der Waals surface area (Å²) in [5, 5.41) is 12.2. The van der Waals surface area contributed by atoms with Crippen LogP contribution in [0.15, 0.2) is 0 Å². The second-order valence-electron chi connectivity index (χ2n) is 6.18. The number of carbonyl (C=O) groups is 1. The predicted molar refractivity (Wildman–Crippen MR) is 75.9 cm³/mol. The molecule has 2 fully saturated rings. The second-order valence-corrected chi connectivity index (χ2v) is 6.18. The number of piperidine rings is 1. The van der Waals surface area contributed by atoms with Crippen molar-refractivity contribution >= 4 is 5.91 Å². The van der Waals surface area contributed by atoms with Crippen molar-refractivity contribution < 1.29 is 9.90 Å². The SMILES string of the molecule is CC(C(=O)NC1CCCC1)N1CCCC(CCO)C1. The molecule has 110 valence electrons. The van der Waals surface area contributed by atoms with E-state index in [2.05, 4.69) is 10.2 Å². The molecule has 1 amide bonds. The lowest BCUT2D eigenvalue weighted by atomic mass is 9.94. The van der Waals surface area contributed by atoms with Gasteiger partial charge in [0.15, 0.2) is 0 Å². The Balaban J connectivity index is 1.80. The van der Waals surface area contributed by atoms with Crippen molar-refractivity contribution in [3.8, 4) is 0 Å². The molecule has 4 nitrogen and oxygen atoms in total. The zero-order chi connectivity index (χ0) is 13.7. The molecule has 0 radical (unpaired) electrons. The lowest BCUT2D eigenvalue weighted by Crippen LogP contribution is -2.50. The van der Waals surface area contributed by atoms with Gasteiger partial charge in [-0.15, -0.1) is 0 Å². The van der Waals surface area contributed by atoms with E-state index in [4.69, 9.17) is 5.11 Å². The molecule has 0 bridgehead atoms. The molecular weight excluding hydrogens is 240 g/mol. The minimum absolute atomic E-state index is 0.0258. The molecule has 0 aromatic rings. The predicted octanol–water partition coefficient (Wildman–Crippen LogP) is 1.53. The topological polar surface area (TPSA) is 52.6 Å². The first-order valence-corrected chi connectivity index (χ1v) is 7.86. The maximum Gasteiger partial charge on any atom is 0.237 e. The van der Waals surface area contributed by atoms with E-state index in [1.807, 2.05) is 6.92 Å². The van der Waals surface area contributed by atoms with Crippen LogP contribution in [-0.2, 0) is 4.79 Å². The van der Waals surface area contributed by atoms with Gasteiger partial charge in [-0.25, -0.2) is 0 Å². The largest absolute Gasteiger partial charge is 0.396 e. The normalized spacial score (nSPS) is 27.4. The van der Waals surface area contributed by atoms with Gasteiger partial charge in [0.25, 0.3) is 0 Å². The summed E-state index contributed by atoms with van der Waals surface area (Å²) < 4.78 is 0. The van der Waals surface area contributed by atoms with Crippen molar-refractivity contribution in [2.45, 2.75) is 64.0 Å². The molecule has 0 aromatic carbocycles. The third-order valence-corrected chi connectivity index (χ3v) is 4.72. The summed E-state index contributed by atoms with van der Waals surface area (Å²) in [5.74, 6) is 0.747. The van der Waals surface area contributed by atoms with Gasteiger partial charge in [0, 0.05) is 19.2 Å². The zero-order valence-electron chi connectivity index (χ0n) is 12.1. The van der Waals surface area contributed by atoms with E-state index < -0.39 is 0 Å². The van der Waals surface area contributed by atoms with Crippen LogP contribution in [0.25, 0.3) is 0 Å². The first-order valence-electron chi connectivity index (χ1n) is 7.86. The van der Waals surface area contributed by atoms with Crippen LogP contribution in [0.1, 0.15) is 51.9 Å². The van der Waals surface area contributed by atoms with Gasteiger partial charge in [-0.2, -0.15) is 0 Å². The Labute approximate surface area is 116 Å². The smallest absolute Gasteiger partial charge is 0.237 e. The fourth-order valence-electron chi connectivity index (χ4n) is 3.42. The van der Waals surface area contributed by atoms with Crippen LogP contribution in [-0.4, -0.2) is 47.7 Å². The molecule has 2 aliphatic rings. The molecule has 1 saturated heterocycles. The van der Waals surface area contributed by atoms with E-state index in [1.54, 1.807) is 0 Å². The highest BCUT2D eigenvalue weighted by Gasteiger charge is 2.28. The molecule has 1 aliphatic heterocycles. The number of nitrogens with one attached hydrogen (secondary N) is 1. The summed E-state index contributed by atoms with van der Waals surface area (Å²) in [6.45, 7) is 4.26. The Hall–Kier alpha value is -0.610.